The highest BCUT2D eigenvalue weighted by Gasteiger charge is 2.21. The van der Waals surface area contributed by atoms with Crippen molar-refractivity contribution in [2.24, 2.45) is 0 Å². The van der Waals surface area contributed by atoms with Gasteiger partial charge in [0.2, 0.25) is 5.88 Å². The van der Waals surface area contributed by atoms with Crippen molar-refractivity contribution in [3.05, 3.63) is 82.0 Å². The van der Waals surface area contributed by atoms with Gasteiger partial charge in [-0.05, 0) is 35.7 Å². The van der Waals surface area contributed by atoms with Crippen LogP contribution in [0.4, 0.5) is 0 Å². The molecule has 0 unspecified atom stereocenters. The summed E-state index contributed by atoms with van der Waals surface area (Å²) in [5.74, 6) is 1.66. The molecule has 0 saturated carbocycles. The third kappa shape index (κ3) is 5.30. The molecule has 1 amide bonds. The number of para-hydroxylation sites is 1. The molecule has 33 heavy (non-hydrogen) atoms. The van der Waals surface area contributed by atoms with Gasteiger partial charge in [0.15, 0.2) is 5.82 Å². The number of rotatable bonds is 9. The fourth-order valence-electron chi connectivity index (χ4n) is 3.40. The first kappa shape index (κ1) is 22.7. The number of nitrogens with one attached hydrogen (secondary N) is 1. The van der Waals surface area contributed by atoms with E-state index in [0.29, 0.717) is 34.6 Å². The molecular formula is C25H25N3O4S. The Morgan fingerprint density at radius 3 is 2.39 bits per heavy atom. The lowest BCUT2D eigenvalue weighted by molar-refractivity contribution is 0.0954. The Balaban J connectivity index is 1.41. The molecule has 0 saturated heterocycles. The summed E-state index contributed by atoms with van der Waals surface area (Å²) in [6.45, 7) is 3.07. The number of thiophene rings is 1. The first-order chi connectivity index (χ1) is 16.1. The van der Waals surface area contributed by atoms with Crippen molar-refractivity contribution in [3.8, 4) is 11.6 Å². The van der Waals surface area contributed by atoms with Crippen molar-refractivity contribution in [3.63, 3.8) is 0 Å². The van der Waals surface area contributed by atoms with Gasteiger partial charge in [-0.2, -0.15) is 4.98 Å². The minimum Gasteiger partial charge on any atom is -0.489 e. The summed E-state index contributed by atoms with van der Waals surface area (Å²) >= 11 is 1.33. The van der Waals surface area contributed by atoms with E-state index in [4.69, 9.17) is 14.2 Å². The Labute approximate surface area is 196 Å². The summed E-state index contributed by atoms with van der Waals surface area (Å²) in [5.41, 5.74) is 2.87. The lowest BCUT2D eigenvalue weighted by atomic mass is 10.1. The highest BCUT2D eigenvalue weighted by Crippen LogP contribution is 2.35. The Kier molecular flexibility index (Phi) is 7.16. The van der Waals surface area contributed by atoms with E-state index in [1.165, 1.54) is 11.3 Å². The maximum Gasteiger partial charge on any atom is 0.261 e. The average molecular weight is 464 g/mol. The molecule has 0 bridgehead atoms. The van der Waals surface area contributed by atoms with Crippen LogP contribution in [0, 0.1) is 6.92 Å². The van der Waals surface area contributed by atoms with Crippen molar-refractivity contribution in [2.75, 3.05) is 14.2 Å². The SMILES string of the molecule is COCc1nc(OC)c2c(C)c(C(=O)NCc3ccc(COc4ccccc4)cc3)sc2n1. The van der Waals surface area contributed by atoms with Crippen LogP contribution in [0.25, 0.3) is 10.2 Å². The van der Waals surface area contributed by atoms with Crippen LogP contribution >= 0.6 is 11.3 Å². The van der Waals surface area contributed by atoms with Gasteiger partial charge in [0.25, 0.3) is 5.91 Å². The fourth-order valence-corrected chi connectivity index (χ4v) is 4.51. The fraction of sp³-hybridized carbons (Fsp3) is 0.240. The van der Waals surface area contributed by atoms with Gasteiger partial charge >= 0.3 is 0 Å². The third-order valence-electron chi connectivity index (χ3n) is 5.10. The molecular weight excluding hydrogens is 438 g/mol. The number of aryl methyl sites for hydroxylation is 1. The van der Waals surface area contributed by atoms with E-state index in [9.17, 15) is 4.79 Å². The standard InChI is InChI=1S/C25H25N3O4S/c1-16-21-24(31-3)27-20(15-30-2)28-25(21)33-22(16)23(29)26-13-17-9-11-18(12-10-17)14-32-19-7-5-4-6-8-19/h4-12H,13-15H2,1-3H3,(H,26,29). The van der Waals surface area contributed by atoms with Crippen LogP contribution < -0.4 is 14.8 Å². The van der Waals surface area contributed by atoms with Crippen LogP contribution in [0.5, 0.6) is 11.6 Å². The zero-order chi connectivity index (χ0) is 23.2. The molecule has 7 nitrogen and oxygen atoms in total. The minimum absolute atomic E-state index is 0.151. The zero-order valence-corrected chi connectivity index (χ0v) is 19.6. The Hall–Kier alpha value is -3.49. The number of methoxy groups -OCH3 is 2. The van der Waals surface area contributed by atoms with E-state index in [-0.39, 0.29) is 12.5 Å². The van der Waals surface area contributed by atoms with Crippen LogP contribution in [-0.2, 0) is 24.5 Å². The molecule has 170 valence electrons. The van der Waals surface area contributed by atoms with Crippen LogP contribution in [0.2, 0.25) is 0 Å². The van der Waals surface area contributed by atoms with Gasteiger partial charge in [-0.1, -0.05) is 42.5 Å². The number of nitrogens with zero attached hydrogens (tertiary/aromatic N) is 2. The summed E-state index contributed by atoms with van der Waals surface area (Å²) in [6.07, 6.45) is 0. The summed E-state index contributed by atoms with van der Waals surface area (Å²) < 4.78 is 16.3. The van der Waals surface area contributed by atoms with E-state index in [1.807, 2.05) is 61.5 Å². The Morgan fingerprint density at radius 2 is 1.70 bits per heavy atom. The molecule has 4 rings (SSSR count). The van der Waals surface area contributed by atoms with E-state index >= 15 is 0 Å². The van der Waals surface area contributed by atoms with Crippen molar-refractivity contribution in [1.29, 1.82) is 0 Å². The quantitative estimate of drug-likeness (QED) is 0.389. The largest absolute Gasteiger partial charge is 0.489 e. The van der Waals surface area contributed by atoms with Crippen molar-refractivity contribution < 1.29 is 19.0 Å². The average Bonchev–Trinajstić information content (AvgIpc) is 3.18. The lowest BCUT2D eigenvalue weighted by Crippen LogP contribution is -2.22. The zero-order valence-electron chi connectivity index (χ0n) is 18.8. The lowest BCUT2D eigenvalue weighted by Gasteiger charge is -2.08. The van der Waals surface area contributed by atoms with Gasteiger partial charge in [0, 0.05) is 13.7 Å². The molecule has 2 heterocycles. The number of fused-ring (bicyclic) bond motifs is 1. The summed E-state index contributed by atoms with van der Waals surface area (Å²) in [5, 5.41) is 3.76. The molecule has 2 aromatic carbocycles. The van der Waals surface area contributed by atoms with Crippen LogP contribution in [0.3, 0.4) is 0 Å². The summed E-state index contributed by atoms with van der Waals surface area (Å²) in [7, 11) is 3.14. The second-order valence-corrected chi connectivity index (χ2v) is 8.42. The number of carbonyl (C=O) groups is 1. The van der Waals surface area contributed by atoms with E-state index < -0.39 is 0 Å². The van der Waals surface area contributed by atoms with E-state index in [0.717, 1.165) is 27.8 Å². The first-order valence-electron chi connectivity index (χ1n) is 10.5. The number of hydrogen-bond acceptors (Lipinski definition) is 7. The number of carbonyl (C=O) groups excluding carboxylic acids is 1. The van der Waals surface area contributed by atoms with Crippen molar-refractivity contribution >= 4 is 27.5 Å². The summed E-state index contributed by atoms with van der Waals surface area (Å²) in [6, 6.07) is 17.7. The van der Waals surface area contributed by atoms with Gasteiger partial charge < -0.3 is 19.5 Å². The number of aromatic nitrogens is 2. The molecule has 0 aliphatic carbocycles. The molecule has 2 aromatic heterocycles. The topological polar surface area (TPSA) is 82.6 Å². The molecule has 0 atom stereocenters. The van der Waals surface area contributed by atoms with Gasteiger partial charge in [-0.15, -0.1) is 11.3 Å². The maximum atomic E-state index is 12.9. The van der Waals surface area contributed by atoms with Crippen molar-refractivity contribution in [2.45, 2.75) is 26.7 Å². The molecule has 0 spiro atoms. The monoisotopic (exact) mass is 463 g/mol. The Morgan fingerprint density at radius 1 is 0.970 bits per heavy atom. The van der Waals surface area contributed by atoms with E-state index in [2.05, 4.69) is 15.3 Å². The van der Waals surface area contributed by atoms with Crippen LogP contribution in [0.15, 0.2) is 54.6 Å². The van der Waals surface area contributed by atoms with Gasteiger partial charge in [-0.3, -0.25) is 4.79 Å². The van der Waals surface area contributed by atoms with Crippen LogP contribution in [-0.4, -0.2) is 30.1 Å². The number of benzene rings is 2. The molecule has 8 heteroatoms. The predicted molar refractivity (Wildman–Crippen MR) is 128 cm³/mol. The molecule has 1 N–H and O–H groups in total. The highest BCUT2D eigenvalue weighted by atomic mass is 32.1. The maximum absolute atomic E-state index is 12.9. The first-order valence-corrected chi connectivity index (χ1v) is 11.3. The molecule has 0 fully saturated rings. The number of amides is 1. The Bertz CT molecular complexity index is 1240. The number of hydrogen-bond donors (Lipinski definition) is 1. The second kappa shape index (κ2) is 10.4. The smallest absolute Gasteiger partial charge is 0.261 e. The van der Waals surface area contributed by atoms with Gasteiger partial charge in [0.1, 0.15) is 23.8 Å². The van der Waals surface area contributed by atoms with Crippen LogP contribution in [0.1, 0.15) is 32.2 Å². The molecule has 0 aliphatic heterocycles. The second-order valence-electron chi connectivity index (χ2n) is 7.42. The van der Waals surface area contributed by atoms with Gasteiger partial charge in [0.05, 0.1) is 17.4 Å². The van der Waals surface area contributed by atoms with Gasteiger partial charge in [-0.25, -0.2) is 4.98 Å². The molecule has 0 radical (unpaired) electrons. The summed E-state index contributed by atoms with van der Waals surface area (Å²) in [4.78, 5) is 23.1. The molecule has 4 aromatic rings. The molecule has 0 aliphatic rings. The normalized spacial score (nSPS) is 10.9. The van der Waals surface area contributed by atoms with E-state index in [1.54, 1.807) is 14.2 Å². The highest BCUT2D eigenvalue weighted by molar-refractivity contribution is 7.20. The van der Waals surface area contributed by atoms with Crippen molar-refractivity contribution in [1.82, 2.24) is 15.3 Å². The minimum atomic E-state index is -0.151. The predicted octanol–water partition coefficient (Wildman–Crippen LogP) is 4.66. The third-order valence-corrected chi connectivity index (χ3v) is 6.29. The number of ether oxygens (including phenoxy) is 3.